The highest BCUT2D eigenvalue weighted by atomic mass is 16.2. The molecule has 0 aliphatic rings. The highest BCUT2D eigenvalue weighted by Crippen LogP contribution is 2.03. The molecule has 4 nitrogen and oxygen atoms in total. The van der Waals surface area contributed by atoms with Crippen LogP contribution in [0, 0.1) is 0 Å². The summed E-state index contributed by atoms with van der Waals surface area (Å²) in [5.74, 6) is 0.229. The molecule has 0 saturated carbocycles. The van der Waals surface area contributed by atoms with Gasteiger partial charge in [-0.15, -0.1) is 0 Å². The van der Waals surface area contributed by atoms with E-state index in [1.54, 1.807) is 12.4 Å². The van der Waals surface area contributed by atoms with E-state index in [0.29, 0.717) is 6.42 Å². The number of carbonyl (C=O) groups excluding carboxylic acids is 1. The number of aryl methyl sites for hydroxylation is 1. The molecule has 0 fully saturated rings. The van der Waals surface area contributed by atoms with Crippen molar-refractivity contribution in [3.05, 3.63) is 60.7 Å². The third-order valence-electron chi connectivity index (χ3n) is 3.75. The number of likely N-dealkylation sites (N-methyl/N-ethyl adjacent to an activating group) is 1. The van der Waals surface area contributed by atoms with Gasteiger partial charge in [0.25, 0.3) is 0 Å². The lowest BCUT2D eigenvalue weighted by Crippen LogP contribution is -2.32. The average molecular weight is 298 g/mol. The first-order valence-corrected chi connectivity index (χ1v) is 7.82. The number of rotatable bonds is 8. The van der Waals surface area contributed by atoms with Crippen molar-refractivity contribution in [2.75, 3.05) is 13.6 Å². The van der Waals surface area contributed by atoms with Crippen LogP contribution in [-0.4, -0.2) is 29.4 Å². The molecule has 0 radical (unpaired) electrons. The van der Waals surface area contributed by atoms with Gasteiger partial charge in [0.1, 0.15) is 6.54 Å². The molecule has 0 bridgehead atoms. The highest BCUT2D eigenvalue weighted by Gasteiger charge is 2.09. The van der Waals surface area contributed by atoms with Crippen LogP contribution < -0.4 is 4.57 Å². The van der Waals surface area contributed by atoms with Gasteiger partial charge in [-0.2, -0.15) is 0 Å². The van der Waals surface area contributed by atoms with Crippen LogP contribution in [0.1, 0.15) is 24.8 Å². The van der Waals surface area contributed by atoms with Crippen LogP contribution in [0.15, 0.2) is 55.1 Å². The Hall–Kier alpha value is -2.23. The Morgan fingerprint density at radius 3 is 2.59 bits per heavy atom. The van der Waals surface area contributed by atoms with E-state index in [0.717, 1.165) is 32.4 Å². The SMILES string of the molecule is CN(CCc1ccncc1)C(=O)CCCC[n+]1ccccc1. The monoisotopic (exact) mass is 298 g/mol. The lowest BCUT2D eigenvalue weighted by atomic mass is 10.2. The minimum atomic E-state index is 0.229. The normalized spacial score (nSPS) is 10.4. The molecular formula is C18H24N3O+. The number of nitrogens with zero attached hydrogens (tertiary/aromatic N) is 3. The second-order valence-corrected chi connectivity index (χ2v) is 5.49. The number of pyridine rings is 2. The van der Waals surface area contributed by atoms with Gasteiger partial charge in [0, 0.05) is 51.0 Å². The van der Waals surface area contributed by atoms with Gasteiger partial charge in [-0.1, -0.05) is 6.07 Å². The number of hydrogen-bond donors (Lipinski definition) is 0. The number of hydrogen-bond acceptors (Lipinski definition) is 2. The molecule has 0 aliphatic carbocycles. The van der Waals surface area contributed by atoms with Crippen molar-refractivity contribution in [1.29, 1.82) is 0 Å². The van der Waals surface area contributed by atoms with Gasteiger partial charge in [0.05, 0.1) is 0 Å². The fourth-order valence-corrected chi connectivity index (χ4v) is 2.32. The Kier molecular flexibility index (Phi) is 6.55. The summed E-state index contributed by atoms with van der Waals surface area (Å²) < 4.78 is 2.15. The van der Waals surface area contributed by atoms with Gasteiger partial charge in [-0.05, 0) is 30.5 Å². The van der Waals surface area contributed by atoms with Crippen LogP contribution in [0.2, 0.25) is 0 Å². The van der Waals surface area contributed by atoms with E-state index >= 15 is 0 Å². The summed E-state index contributed by atoms with van der Waals surface area (Å²) in [6, 6.07) is 10.1. The molecule has 1 amide bonds. The van der Waals surface area contributed by atoms with E-state index in [-0.39, 0.29) is 5.91 Å². The summed E-state index contributed by atoms with van der Waals surface area (Å²) in [6.45, 7) is 1.73. The van der Waals surface area contributed by atoms with Gasteiger partial charge < -0.3 is 4.90 Å². The van der Waals surface area contributed by atoms with Crippen LogP contribution in [0.25, 0.3) is 0 Å². The van der Waals surface area contributed by atoms with Crippen molar-refractivity contribution < 1.29 is 9.36 Å². The summed E-state index contributed by atoms with van der Waals surface area (Å²) in [4.78, 5) is 17.9. The summed E-state index contributed by atoms with van der Waals surface area (Å²) in [7, 11) is 1.88. The van der Waals surface area contributed by atoms with Crippen LogP contribution in [0.5, 0.6) is 0 Å². The Morgan fingerprint density at radius 1 is 1.14 bits per heavy atom. The first kappa shape index (κ1) is 16.1. The molecule has 2 aromatic rings. The Labute approximate surface area is 132 Å². The summed E-state index contributed by atoms with van der Waals surface area (Å²) in [5.41, 5.74) is 1.22. The molecule has 0 saturated heterocycles. The molecule has 4 heteroatoms. The molecule has 0 N–H and O–H groups in total. The molecule has 0 aliphatic heterocycles. The maximum absolute atomic E-state index is 12.1. The number of amides is 1. The van der Waals surface area contributed by atoms with E-state index in [2.05, 4.69) is 21.9 Å². The minimum Gasteiger partial charge on any atom is -0.345 e. The molecule has 2 heterocycles. The predicted octanol–water partition coefficient (Wildman–Crippen LogP) is 2.24. The quantitative estimate of drug-likeness (QED) is 0.553. The average Bonchev–Trinajstić information content (AvgIpc) is 2.58. The first-order chi connectivity index (χ1) is 10.8. The lowest BCUT2D eigenvalue weighted by molar-refractivity contribution is -0.697. The fraction of sp³-hybridized carbons (Fsp3) is 0.389. The topological polar surface area (TPSA) is 37.1 Å². The summed E-state index contributed by atoms with van der Waals surface area (Å²) in [6.07, 6.45) is 11.2. The standard InChI is InChI=1S/C18H24N3O/c1-20(16-10-17-8-11-19-12-9-17)18(22)7-3-6-15-21-13-4-2-5-14-21/h2,4-5,8-9,11-14H,3,6-7,10,15-16H2,1H3/q+1. The van der Waals surface area contributed by atoms with Crippen molar-refractivity contribution in [3.63, 3.8) is 0 Å². The Bertz CT molecular complexity index is 557. The number of unbranched alkanes of at least 4 members (excludes halogenated alkanes) is 1. The highest BCUT2D eigenvalue weighted by molar-refractivity contribution is 5.75. The van der Waals surface area contributed by atoms with E-state index < -0.39 is 0 Å². The summed E-state index contributed by atoms with van der Waals surface area (Å²) >= 11 is 0. The molecule has 116 valence electrons. The third-order valence-corrected chi connectivity index (χ3v) is 3.75. The smallest absolute Gasteiger partial charge is 0.222 e. The Balaban J connectivity index is 1.62. The van der Waals surface area contributed by atoms with Crippen molar-refractivity contribution >= 4 is 5.91 Å². The zero-order valence-corrected chi connectivity index (χ0v) is 13.2. The van der Waals surface area contributed by atoms with Gasteiger partial charge >= 0.3 is 0 Å². The predicted molar refractivity (Wildman–Crippen MR) is 86.1 cm³/mol. The van der Waals surface area contributed by atoms with Crippen molar-refractivity contribution in [2.45, 2.75) is 32.2 Å². The second-order valence-electron chi connectivity index (χ2n) is 5.49. The molecule has 22 heavy (non-hydrogen) atoms. The summed E-state index contributed by atoms with van der Waals surface area (Å²) in [5, 5.41) is 0. The van der Waals surface area contributed by atoms with E-state index in [9.17, 15) is 4.79 Å². The molecule has 0 atom stereocenters. The van der Waals surface area contributed by atoms with E-state index in [4.69, 9.17) is 0 Å². The van der Waals surface area contributed by atoms with Crippen LogP contribution in [-0.2, 0) is 17.8 Å². The maximum atomic E-state index is 12.1. The molecule has 0 spiro atoms. The van der Waals surface area contributed by atoms with Gasteiger partial charge in [-0.25, -0.2) is 4.57 Å². The van der Waals surface area contributed by atoms with Gasteiger partial charge in [0.15, 0.2) is 12.4 Å². The van der Waals surface area contributed by atoms with E-state index in [1.807, 2.05) is 42.3 Å². The molecule has 2 aromatic heterocycles. The van der Waals surface area contributed by atoms with Crippen molar-refractivity contribution in [3.8, 4) is 0 Å². The molecule has 0 unspecified atom stereocenters. The Morgan fingerprint density at radius 2 is 1.86 bits per heavy atom. The lowest BCUT2D eigenvalue weighted by Gasteiger charge is -2.16. The zero-order valence-electron chi connectivity index (χ0n) is 13.2. The molecule has 0 aromatic carbocycles. The van der Waals surface area contributed by atoms with Crippen LogP contribution in [0.3, 0.4) is 0 Å². The van der Waals surface area contributed by atoms with Crippen molar-refractivity contribution in [1.82, 2.24) is 9.88 Å². The first-order valence-electron chi connectivity index (χ1n) is 7.82. The van der Waals surface area contributed by atoms with Gasteiger partial charge in [0.2, 0.25) is 5.91 Å². The molecule has 2 rings (SSSR count). The second kappa shape index (κ2) is 8.93. The number of carbonyl (C=O) groups is 1. The van der Waals surface area contributed by atoms with Gasteiger partial charge in [-0.3, -0.25) is 9.78 Å². The van der Waals surface area contributed by atoms with Crippen LogP contribution >= 0.6 is 0 Å². The largest absolute Gasteiger partial charge is 0.345 e. The third kappa shape index (κ3) is 5.64. The zero-order chi connectivity index (χ0) is 15.6. The molecular weight excluding hydrogens is 274 g/mol. The van der Waals surface area contributed by atoms with E-state index in [1.165, 1.54) is 5.56 Å². The minimum absolute atomic E-state index is 0.229. The van der Waals surface area contributed by atoms with Crippen LogP contribution in [0.4, 0.5) is 0 Å². The maximum Gasteiger partial charge on any atom is 0.222 e. The number of aromatic nitrogens is 2. The van der Waals surface area contributed by atoms with Crippen molar-refractivity contribution in [2.24, 2.45) is 0 Å². The fourth-order valence-electron chi connectivity index (χ4n) is 2.32.